The monoisotopic (exact) mass is 614 g/mol. The molecule has 0 radical (unpaired) electrons. The lowest BCUT2D eigenvalue weighted by Crippen LogP contribution is -2.56. The first-order chi connectivity index (χ1) is 19.1. The van der Waals surface area contributed by atoms with E-state index >= 15 is 0 Å². The SMILES string of the molecule is C=C(C)C(=O)OC1CCC(C(C)(O)C(F)(F)F)C2CCCCC12.C=C(C)C(=O)OC1CCC(C(C)(O)C(F)(F)F)CC1. The number of esters is 2. The first-order valence-electron chi connectivity index (χ1n) is 14.4. The van der Waals surface area contributed by atoms with Crippen molar-refractivity contribution < 1.29 is 55.6 Å². The van der Waals surface area contributed by atoms with E-state index < -0.39 is 47.3 Å². The van der Waals surface area contributed by atoms with Crippen LogP contribution in [0.15, 0.2) is 24.3 Å². The standard InChI is InChI=1S/C17H25F3O3.C13H19F3O3/c1-10(2)15(21)23-14-9-8-13(16(3,22)17(18,19)20)11-6-4-5-7-12(11)14;1-8(2)11(17)19-10-6-4-9(5-7-10)12(3,18)13(14,15)16/h11-14,22H,1,4-9H2,2-3H3;9-10,18H,1,4-7H2,2-3H3. The van der Waals surface area contributed by atoms with Crippen LogP contribution < -0.4 is 0 Å². The van der Waals surface area contributed by atoms with Gasteiger partial charge in [0.05, 0.1) is 0 Å². The molecule has 2 N–H and O–H groups in total. The molecule has 0 bridgehead atoms. The van der Waals surface area contributed by atoms with E-state index in [0.29, 0.717) is 31.3 Å². The fourth-order valence-corrected chi connectivity index (χ4v) is 6.44. The molecule has 0 amide bonds. The number of aliphatic hydroxyl groups is 2. The molecule has 3 aliphatic rings. The van der Waals surface area contributed by atoms with Crippen LogP contribution in [0.5, 0.6) is 0 Å². The molecule has 3 fully saturated rings. The summed E-state index contributed by atoms with van der Waals surface area (Å²) in [6.45, 7) is 11.7. The van der Waals surface area contributed by atoms with Gasteiger partial charge >= 0.3 is 24.3 Å². The van der Waals surface area contributed by atoms with Crippen molar-refractivity contribution in [1.82, 2.24) is 0 Å². The van der Waals surface area contributed by atoms with Crippen molar-refractivity contribution in [1.29, 1.82) is 0 Å². The van der Waals surface area contributed by atoms with Gasteiger partial charge in [-0.2, -0.15) is 26.3 Å². The number of hydrogen-bond donors (Lipinski definition) is 2. The minimum atomic E-state index is -4.65. The lowest BCUT2D eigenvalue weighted by molar-refractivity contribution is -0.287. The molecule has 6 nitrogen and oxygen atoms in total. The molecule has 42 heavy (non-hydrogen) atoms. The molecule has 0 aromatic rings. The molecule has 3 aliphatic carbocycles. The maximum absolute atomic E-state index is 13.2. The third kappa shape index (κ3) is 8.51. The van der Waals surface area contributed by atoms with Crippen molar-refractivity contribution in [2.45, 2.75) is 128 Å². The Kier molecular flexibility index (Phi) is 11.8. The van der Waals surface area contributed by atoms with Gasteiger partial charge in [-0.3, -0.25) is 0 Å². The van der Waals surface area contributed by atoms with E-state index in [4.69, 9.17) is 9.47 Å². The molecule has 3 saturated carbocycles. The zero-order chi connectivity index (χ0) is 32.3. The van der Waals surface area contributed by atoms with Crippen molar-refractivity contribution >= 4 is 11.9 Å². The topological polar surface area (TPSA) is 93.1 Å². The highest BCUT2D eigenvalue weighted by Crippen LogP contribution is 2.52. The smallest absolute Gasteiger partial charge is 0.417 e. The third-order valence-electron chi connectivity index (χ3n) is 9.20. The molecule has 0 aromatic carbocycles. The second kappa shape index (κ2) is 13.7. The Morgan fingerprint density at radius 1 is 0.667 bits per heavy atom. The quantitative estimate of drug-likeness (QED) is 0.191. The van der Waals surface area contributed by atoms with E-state index in [9.17, 15) is 46.1 Å². The molecule has 6 atom stereocenters. The second-order valence-electron chi connectivity index (χ2n) is 12.5. The fourth-order valence-electron chi connectivity index (χ4n) is 6.44. The van der Waals surface area contributed by atoms with Gasteiger partial charge in [0, 0.05) is 11.1 Å². The minimum Gasteiger partial charge on any atom is -0.459 e. The summed E-state index contributed by atoms with van der Waals surface area (Å²) in [5, 5.41) is 19.7. The third-order valence-corrected chi connectivity index (χ3v) is 9.20. The minimum absolute atomic E-state index is 0.111. The predicted octanol–water partition coefficient (Wildman–Crippen LogP) is 6.98. The molecular weight excluding hydrogens is 570 g/mol. The number of hydrogen-bond acceptors (Lipinski definition) is 6. The zero-order valence-electron chi connectivity index (χ0n) is 24.7. The largest absolute Gasteiger partial charge is 0.459 e. The summed E-state index contributed by atoms with van der Waals surface area (Å²) < 4.78 is 88.3. The Labute approximate surface area is 243 Å². The fraction of sp³-hybridized carbons (Fsp3) is 0.800. The number of rotatable bonds is 6. The van der Waals surface area contributed by atoms with Crippen molar-refractivity contribution in [3.63, 3.8) is 0 Å². The summed E-state index contributed by atoms with van der Waals surface area (Å²) in [7, 11) is 0. The summed E-state index contributed by atoms with van der Waals surface area (Å²) in [6, 6.07) is 0. The molecular formula is C30H44F6O6. The lowest BCUT2D eigenvalue weighted by atomic mass is 9.60. The average molecular weight is 615 g/mol. The van der Waals surface area contributed by atoms with E-state index in [2.05, 4.69) is 13.2 Å². The first kappa shape index (κ1) is 36.1. The Balaban J connectivity index is 0.000000299. The van der Waals surface area contributed by atoms with Gasteiger partial charge < -0.3 is 19.7 Å². The molecule has 12 heteroatoms. The summed E-state index contributed by atoms with van der Waals surface area (Å²) in [4.78, 5) is 23.1. The molecule has 0 heterocycles. The van der Waals surface area contributed by atoms with Crippen molar-refractivity contribution in [3.05, 3.63) is 24.3 Å². The van der Waals surface area contributed by atoms with Crippen LogP contribution in [0, 0.1) is 23.7 Å². The molecule has 0 spiro atoms. The van der Waals surface area contributed by atoms with Crippen molar-refractivity contribution in [2.24, 2.45) is 23.7 Å². The van der Waals surface area contributed by atoms with Crippen molar-refractivity contribution in [3.8, 4) is 0 Å². The molecule has 6 unspecified atom stereocenters. The van der Waals surface area contributed by atoms with Crippen molar-refractivity contribution in [2.75, 3.05) is 0 Å². The van der Waals surface area contributed by atoms with Gasteiger partial charge in [-0.1, -0.05) is 26.0 Å². The van der Waals surface area contributed by atoms with Gasteiger partial charge in [-0.25, -0.2) is 9.59 Å². The van der Waals surface area contributed by atoms with Gasteiger partial charge in [-0.15, -0.1) is 0 Å². The van der Waals surface area contributed by atoms with E-state index in [1.165, 1.54) is 6.92 Å². The number of carbonyl (C=O) groups excluding carboxylic acids is 2. The Bertz CT molecular complexity index is 978. The molecule has 0 aliphatic heterocycles. The molecule has 3 rings (SSSR count). The Hall–Kier alpha value is -2.08. The normalized spacial score (nSPS) is 31.1. The second-order valence-corrected chi connectivity index (χ2v) is 12.5. The van der Waals surface area contributed by atoms with Crippen LogP contribution in [0.3, 0.4) is 0 Å². The van der Waals surface area contributed by atoms with Crippen LogP contribution in [-0.4, -0.2) is 57.9 Å². The summed E-state index contributed by atoms with van der Waals surface area (Å²) in [5.74, 6) is -3.08. The van der Waals surface area contributed by atoms with Crippen LogP contribution in [0.25, 0.3) is 0 Å². The molecule has 0 aromatic heterocycles. The summed E-state index contributed by atoms with van der Waals surface area (Å²) in [6.07, 6.45) is -5.30. The van der Waals surface area contributed by atoms with Crippen LogP contribution in [-0.2, 0) is 19.1 Å². The molecule has 242 valence electrons. The Morgan fingerprint density at radius 3 is 1.57 bits per heavy atom. The van der Waals surface area contributed by atoms with Gasteiger partial charge in [0.15, 0.2) is 11.2 Å². The van der Waals surface area contributed by atoms with Gasteiger partial charge in [-0.05, 0) is 103 Å². The maximum atomic E-state index is 13.2. The molecule has 0 saturated heterocycles. The summed E-state index contributed by atoms with van der Waals surface area (Å²) >= 11 is 0. The summed E-state index contributed by atoms with van der Waals surface area (Å²) in [5.41, 5.74) is -4.82. The van der Waals surface area contributed by atoms with E-state index in [1.54, 1.807) is 6.92 Å². The number of fused-ring (bicyclic) bond motifs is 1. The van der Waals surface area contributed by atoms with Crippen LogP contribution in [0.2, 0.25) is 0 Å². The lowest BCUT2D eigenvalue weighted by Gasteiger charge is -2.50. The Morgan fingerprint density at radius 2 is 1.12 bits per heavy atom. The van der Waals surface area contributed by atoms with Crippen LogP contribution >= 0.6 is 0 Å². The van der Waals surface area contributed by atoms with E-state index in [0.717, 1.165) is 33.1 Å². The number of halogens is 6. The predicted molar refractivity (Wildman–Crippen MR) is 143 cm³/mol. The van der Waals surface area contributed by atoms with Gasteiger partial charge in [0.25, 0.3) is 0 Å². The van der Waals surface area contributed by atoms with Gasteiger partial charge in [0.1, 0.15) is 12.2 Å². The zero-order valence-corrected chi connectivity index (χ0v) is 24.7. The van der Waals surface area contributed by atoms with E-state index in [-0.39, 0.29) is 48.9 Å². The highest BCUT2D eigenvalue weighted by molar-refractivity contribution is 5.87. The van der Waals surface area contributed by atoms with Crippen LogP contribution in [0.1, 0.15) is 91.9 Å². The van der Waals surface area contributed by atoms with Crippen LogP contribution in [0.4, 0.5) is 26.3 Å². The number of carbonyl (C=O) groups is 2. The number of alkyl halides is 6. The first-order valence-corrected chi connectivity index (χ1v) is 14.4. The number of ether oxygens (including phenoxy) is 2. The highest BCUT2D eigenvalue weighted by Gasteiger charge is 2.59. The van der Waals surface area contributed by atoms with E-state index in [1.807, 2.05) is 0 Å². The van der Waals surface area contributed by atoms with Gasteiger partial charge in [0.2, 0.25) is 0 Å². The highest BCUT2D eigenvalue weighted by atomic mass is 19.4. The average Bonchev–Trinajstić information content (AvgIpc) is 2.88. The maximum Gasteiger partial charge on any atom is 0.417 e.